The van der Waals surface area contributed by atoms with Crippen LogP contribution in [0.5, 0.6) is 0 Å². The van der Waals surface area contributed by atoms with Gasteiger partial charge < -0.3 is 14.6 Å². The minimum Gasteiger partial charge on any atom is -0.383 e. The van der Waals surface area contributed by atoms with Crippen LogP contribution >= 0.6 is 11.8 Å². The summed E-state index contributed by atoms with van der Waals surface area (Å²) in [5.41, 5.74) is 0. The molecule has 0 saturated carbocycles. The summed E-state index contributed by atoms with van der Waals surface area (Å²) in [6.45, 7) is 0.963. The fraction of sp³-hybridized carbons (Fsp3) is 0.769. The van der Waals surface area contributed by atoms with Gasteiger partial charge in [0.2, 0.25) is 5.91 Å². The van der Waals surface area contributed by atoms with Gasteiger partial charge in [-0.15, -0.1) is 10.2 Å². The molecule has 1 fully saturated rings. The van der Waals surface area contributed by atoms with E-state index in [0.717, 1.165) is 5.82 Å². The van der Waals surface area contributed by atoms with Crippen LogP contribution in [0.3, 0.4) is 0 Å². The van der Waals surface area contributed by atoms with Crippen molar-refractivity contribution in [3.63, 3.8) is 0 Å². The molecule has 23 heavy (non-hydrogen) atoms. The van der Waals surface area contributed by atoms with Crippen LogP contribution in [-0.4, -0.2) is 66.6 Å². The molecule has 0 radical (unpaired) electrons. The lowest BCUT2D eigenvalue weighted by atomic mass is 10.1. The van der Waals surface area contributed by atoms with Crippen LogP contribution in [0.4, 0.5) is 0 Å². The molecular formula is C13H22N4O4S2. The number of carbonyl (C=O) groups excluding carboxylic acids is 1. The minimum absolute atomic E-state index is 0.0847. The smallest absolute Gasteiger partial charge is 0.230 e. The number of rotatable bonds is 8. The SMILES string of the molecule is COCCNC(=O)CSc1nnc(C[C@@H]2CCS(=O)(=O)C2)n1C. The molecule has 2 rings (SSSR count). The molecule has 1 saturated heterocycles. The molecule has 0 aliphatic carbocycles. The Balaban J connectivity index is 1.83. The summed E-state index contributed by atoms with van der Waals surface area (Å²) in [6.07, 6.45) is 1.28. The first-order valence-electron chi connectivity index (χ1n) is 7.38. The zero-order chi connectivity index (χ0) is 16.9. The molecular weight excluding hydrogens is 340 g/mol. The number of carbonyl (C=O) groups is 1. The monoisotopic (exact) mass is 362 g/mol. The van der Waals surface area contributed by atoms with E-state index in [4.69, 9.17) is 4.74 Å². The van der Waals surface area contributed by atoms with E-state index in [0.29, 0.717) is 31.1 Å². The Hall–Kier alpha value is -1.13. The number of hydrogen-bond donors (Lipinski definition) is 1. The molecule has 1 aliphatic heterocycles. The average molecular weight is 362 g/mol. The van der Waals surface area contributed by atoms with Crippen LogP contribution in [0, 0.1) is 5.92 Å². The number of sulfone groups is 1. The van der Waals surface area contributed by atoms with Crippen LogP contribution in [0.25, 0.3) is 0 Å². The van der Waals surface area contributed by atoms with Gasteiger partial charge in [-0.25, -0.2) is 8.42 Å². The van der Waals surface area contributed by atoms with Gasteiger partial charge in [0.1, 0.15) is 5.82 Å². The number of hydrogen-bond acceptors (Lipinski definition) is 7. The molecule has 130 valence electrons. The highest BCUT2D eigenvalue weighted by atomic mass is 32.2. The van der Waals surface area contributed by atoms with Crippen molar-refractivity contribution in [3.05, 3.63) is 5.82 Å². The first-order chi connectivity index (χ1) is 10.9. The van der Waals surface area contributed by atoms with Gasteiger partial charge in [0.15, 0.2) is 15.0 Å². The predicted molar refractivity (Wildman–Crippen MR) is 87.1 cm³/mol. The number of methoxy groups -OCH3 is 1. The van der Waals surface area contributed by atoms with Gasteiger partial charge in [-0.05, 0) is 12.3 Å². The van der Waals surface area contributed by atoms with E-state index in [9.17, 15) is 13.2 Å². The van der Waals surface area contributed by atoms with Crippen molar-refractivity contribution in [2.75, 3.05) is 37.5 Å². The Morgan fingerprint density at radius 3 is 2.91 bits per heavy atom. The molecule has 8 nitrogen and oxygen atoms in total. The summed E-state index contributed by atoms with van der Waals surface area (Å²) in [7, 11) is 0.538. The van der Waals surface area contributed by atoms with Crippen LogP contribution < -0.4 is 5.32 Å². The third-order valence-electron chi connectivity index (χ3n) is 3.68. The van der Waals surface area contributed by atoms with Crippen molar-refractivity contribution in [3.8, 4) is 0 Å². The zero-order valence-electron chi connectivity index (χ0n) is 13.3. The molecule has 1 amide bonds. The fourth-order valence-corrected chi connectivity index (χ4v) is 5.04. The van der Waals surface area contributed by atoms with E-state index in [2.05, 4.69) is 15.5 Å². The summed E-state index contributed by atoms with van der Waals surface area (Å²) in [6, 6.07) is 0. The molecule has 1 atom stereocenters. The molecule has 0 spiro atoms. The quantitative estimate of drug-likeness (QED) is 0.498. The Kier molecular flexibility index (Phi) is 6.42. The molecule has 10 heteroatoms. The summed E-state index contributed by atoms with van der Waals surface area (Å²) >= 11 is 1.31. The molecule has 1 N–H and O–H groups in total. The lowest BCUT2D eigenvalue weighted by Gasteiger charge is -2.07. The van der Waals surface area contributed by atoms with Crippen molar-refractivity contribution in [1.82, 2.24) is 20.1 Å². The van der Waals surface area contributed by atoms with Crippen molar-refractivity contribution >= 4 is 27.5 Å². The standard InChI is InChI=1S/C13H22N4O4S2/c1-17-11(7-10-3-6-23(19,20)9-10)15-16-13(17)22-8-12(18)14-4-5-21-2/h10H,3-9H2,1-2H3,(H,14,18)/t10-/m0/s1. The van der Waals surface area contributed by atoms with Gasteiger partial charge in [0, 0.05) is 27.1 Å². The van der Waals surface area contributed by atoms with E-state index < -0.39 is 9.84 Å². The Morgan fingerprint density at radius 2 is 2.26 bits per heavy atom. The number of nitrogens with zero attached hydrogens (tertiary/aromatic N) is 3. The fourth-order valence-electron chi connectivity index (χ4n) is 2.41. The second kappa shape index (κ2) is 8.11. The molecule has 1 aromatic rings. The molecule has 0 aromatic carbocycles. The normalized spacial score (nSPS) is 19.8. The zero-order valence-corrected chi connectivity index (χ0v) is 15.0. The van der Waals surface area contributed by atoms with Gasteiger partial charge in [-0.3, -0.25) is 4.79 Å². The van der Waals surface area contributed by atoms with Crippen molar-refractivity contribution in [1.29, 1.82) is 0 Å². The second-order valence-electron chi connectivity index (χ2n) is 5.56. The van der Waals surface area contributed by atoms with E-state index in [1.165, 1.54) is 11.8 Å². The maximum atomic E-state index is 11.6. The van der Waals surface area contributed by atoms with E-state index in [1.54, 1.807) is 7.11 Å². The summed E-state index contributed by atoms with van der Waals surface area (Å²) in [5.74, 6) is 1.53. The highest BCUT2D eigenvalue weighted by molar-refractivity contribution is 7.99. The van der Waals surface area contributed by atoms with Crippen molar-refractivity contribution < 1.29 is 17.9 Å². The summed E-state index contributed by atoms with van der Waals surface area (Å²) < 4.78 is 29.7. The molecule has 1 aromatic heterocycles. The third-order valence-corrected chi connectivity index (χ3v) is 6.54. The van der Waals surface area contributed by atoms with E-state index in [1.807, 2.05) is 11.6 Å². The maximum absolute atomic E-state index is 11.6. The van der Waals surface area contributed by atoms with Gasteiger partial charge >= 0.3 is 0 Å². The molecule has 2 heterocycles. The lowest BCUT2D eigenvalue weighted by molar-refractivity contribution is -0.118. The van der Waals surface area contributed by atoms with E-state index >= 15 is 0 Å². The topological polar surface area (TPSA) is 103 Å². The molecule has 0 bridgehead atoms. The van der Waals surface area contributed by atoms with Crippen LogP contribution in [0.2, 0.25) is 0 Å². The second-order valence-corrected chi connectivity index (χ2v) is 8.73. The van der Waals surface area contributed by atoms with Crippen molar-refractivity contribution in [2.45, 2.75) is 18.0 Å². The van der Waals surface area contributed by atoms with Gasteiger partial charge in [-0.2, -0.15) is 0 Å². The Labute approximate surface area is 140 Å². The summed E-state index contributed by atoms with van der Waals surface area (Å²) in [4.78, 5) is 11.6. The number of aromatic nitrogens is 3. The Morgan fingerprint density at radius 1 is 1.48 bits per heavy atom. The molecule has 1 aliphatic rings. The average Bonchev–Trinajstić information content (AvgIpc) is 3.01. The first-order valence-corrected chi connectivity index (χ1v) is 10.2. The minimum atomic E-state index is -2.88. The van der Waals surface area contributed by atoms with E-state index in [-0.39, 0.29) is 29.1 Å². The largest absolute Gasteiger partial charge is 0.383 e. The number of ether oxygens (including phenoxy) is 1. The first kappa shape index (κ1) is 18.2. The maximum Gasteiger partial charge on any atom is 0.230 e. The van der Waals surface area contributed by atoms with Gasteiger partial charge in [0.05, 0.1) is 23.9 Å². The highest BCUT2D eigenvalue weighted by Crippen LogP contribution is 2.23. The summed E-state index contributed by atoms with van der Waals surface area (Å²) in [5, 5.41) is 11.6. The third kappa shape index (κ3) is 5.47. The number of thioether (sulfide) groups is 1. The van der Waals surface area contributed by atoms with Crippen LogP contribution in [-0.2, 0) is 32.8 Å². The van der Waals surface area contributed by atoms with Gasteiger partial charge in [-0.1, -0.05) is 11.8 Å². The highest BCUT2D eigenvalue weighted by Gasteiger charge is 2.29. The number of nitrogens with one attached hydrogen (secondary N) is 1. The molecule has 0 unspecified atom stereocenters. The Bertz CT molecular complexity index is 644. The van der Waals surface area contributed by atoms with Gasteiger partial charge in [0.25, 0.3) is 0 Å². The predicted octanol–water partition coefficient (Wildman–Crippen LogP) is -0.353. The van der Waals surface area contributed by atoms with Crippen molar-refractivity contribution in [2.24, 2.45) is 13.0 Å². The number of amides is 1. The van der Waals surface area contributed by atoms with Crippen LogP contribution in [0.1, 0.15) is 12.2 Å². The van der Waals surface area contributed by atoms with Crippen LogP contribution in [0.15, 0.2) is 5.16 Å². The lowest BCUT2D eigenvalue weighted by Crippen LogP contribution is -2.28.